The molecule has 3 heterocycles. The minimum atomic E-state index is -4.59. The summed E-state index contributed by atoms with van der Waals surface area (Å²) >= 11 is 0. The van der Waals surface area contributed by atoms with Gasteiger partial charge in [0, 0.05) is 34.6 Å². The molecule has 0 aliphatic rings. The molecule has 0 spiro atoms. The zero-order valence-electron chi connectivity index (χ0n) is 19.5. The van der Waals surface area contributed by atoms with E-state index in [0.717, 1.165) is 28.9 Å². The van der Waals surface area contributed by atoms with E-state index < -0.39 is 23.5 Å². The second-order valence-electron chi connectivity index (χ2n) is 8.53. The molecule has 3 aromatic heterocycles. The number of amides is 1. The summed E-state index contributed by atoms with van der Waals surface area (Å²) in [4.78, 5) is 23.4. The minimum Gasteiger partial charge on any atom is -0.339 e. The molecule has 0 atom stereocenters. The second-order valence-corrected chi connectivity index (χ2v) is 8.53. The predicted octanol–water partition coefficient (Wildman–Crippen LogP) is 6.50. The van der Waals surface area contributed by atoms with E-state index in [1.165, 1.54) is 18.3 Å². The Labute approximate surface area is 213 Å². The van der Waals surface area contributed by atoms with Gasteiger partial charge in [0.2, 0.25) is 5.91 Å². The lowest BCUT2D eigenvalue weighted by atomic mass is 10.0. The average Bonchev–Trinajstić information content (AvgIpc) is 3.32. The number of aromatic amines is 1. The van der Waals surface area contributed by atoms with E-state index >= 15 is 4.39 Å². The number of anilines is 1. The van der Waals surface area contributed by atoms with Crippen LogP contribution >= 0.6 is 0 Å². The lowest BCUT2D eigenvalue weighted by molar-refractivity contribution is -0.137. The van der Waals surface area contributed by atoms with Gasteiger partial charge in [-0.3, -0.25) is 9.78 Å². The van der Waals surface area contributed by atoms with Crippen molar-refractivity contribution in [3.05, 3.63) is 102 Å². The molecule has 0 saturated carbocycles. The molecule has 2 N–H and O–H groups in total. The van der Waals surface area contributed by atoms with Gasteiger partial charge in [-0.05, 0) is 47.5 Å². The summed E-state index contributed by atoms with van der Waals surface area (Å²) in [6.07, 6.45) is -1.52. The van der Waals surface area contributed by atoms with Crippen molar-refractivity contribution in [3.63, 3.8) is 0 Å². The van der Waals surface area contributed by atoms with Gasteiger partial charge in [0.15, 0.2) is 0 Å². The number of halogens is 4. The molecule has 38 heavy (non-hydrogen) atoms. The van der Waals surface area contributed by atoms with Crippen LogP contribution in [-0.4, -0.2) is 20.9 Å². The third-order valence-electron chi connectivity index (χ3n) is 5.85. The Bertz CT molecular complexity index is 1700. The standard InChI is InChI=1S/C28H17F4N5O/c29-24-7-17(8-26(38)36-22-11-21(14-34-15-22)28(30,31)32)3-6-23(24)20-9-19-10-25(37-27(19)35-13-20)18-4-1-16(12-33)2-5-18/h1-7,9-11,13-15H,8H2,(H,35,37)(H,36,38). The molecule has 0 unspecified atom stereocenters. The highest BCUT2D eigenvalue weighted by Gasteiger charge is 2.31. The van der Waals surface area contributed by atoms with E-state index in [-0.39, 0.29) is 17.7 Å². The summed E-state index contributed by atoms with van der Waals surface area (Å²) in [6.45, 7) is 0. The maximum atomic E-state index is 15.0. The summed E-state index contributed by atoms with van der Waals surface area (Å²) in [7, 11) is 0. The topological polar surface area (TPSA) is 94.5 Å². The number of H-pyrrole nitrogens is 1. The van der Waals surface area contributed by atoms with Crippen LogP contribution in [0.1, 0.15) is 16.7 Å². The lowest BCUT2D eigenvalue weighted by Crippen LogP contribution is -2.15. The van der Waals surface area contributed by atoms with Crippen LogP contribution in [0, 0.1) is 17.1 Å². The number of nitriles is 1. The fourth-order valence-corrected chi connectivity index (χ4v) is 4.00. The number of nitrogens with zero attached hydrogens (tertiary/aromatic N) is 3. The summed E-state index contributed by atoms with van der Waals surface area (Å²) in [6, 6.07) is 17.9. The number of rotatable bonds is 5. The van der Waals surface area contributed by atoms with Crippen LogP contribution in [0.5, 0.6) is 0 Å². The van der Waals surface area contributed by atoms with Crippen molar-refractivity contribution in [1.82, 2.24) is 15.0 Å². The smallest absolute Gasteiger partial charge is 0.339 e. The number of fused-ring (bicyclic) bond motifs is 1. The first-order chi connectivity index (χ1) is 18.2. The predicted molar refractivity (Wildman–Crippen MR) is 133 cm³/mol. The molecule has 0 fully saturated rings. The zero-order valence-corrected chi connectivity index (χ0v) is 19.5. The third kappa shape index (κ3) is 5.22. The molecular formula is C28H17F4N5O. The summed E-state index contributed by atoms with van der Waals surface area (Å²) < 4.78 is 53.6. The highest BCUT2D eigenvalue weighted by atomic mass is 19.4. The fourth-order valence-electron chi connectivity index (χ4n) is 4.00. The molecule has 0 aliphatic carbocycles. The number of hydrogen-bond acceptors (Lipinski definition) is 4. The van der Waals surface area contributed by atoms with Crippen LogP contribution in [0.4, 0.5) is 23.2 Å². The van der Waals surface area contributed by atoms with Crippen molar-refractivity contribution in [2.24, 2.45) is 0 Å². The van der Waals surface area contributed by atoms with Crippen molar-refractivity contribution in [1.29, 1.82) is 5.26 Å². The van der Waals surface area contributed by atoms with Crippen molar-refractivity contribution in [2.45, 2.75) is 12.6 Å². The maximum absolute atomic E-state index is 15.0. The van der Waals surface area contributed by atoms with Crippen LogP contribution < -0.4 is 5.32 Å². The number of pyridine rings is 2. The summed E-state index contributed by atoms with van der Waals surface area (Å²) in [5.74, 6) is -1.18. The first-order valence-corrected chi connectivity index (χ1v) is 11.3. The molecule has 0 radical (unpaired) electrons. The van der Waals surface area contributed by atoms with E-state index in [9.17, 15) is 18.0 Å². The van der Waals surface area contributed by atoms with Gasteiger partial charge < -0.3 is 10.3 Å². The average molecular weight is 515 g/mol. The van der Waals surface area contributed by atoms with Gasteiger partial charge in [0.1, 0.15) is 11.5 Å². The van der Waals surface area contributed by atoms with Crippen LogP contribution in [0.15, 0.2) is 79.3 Å². The molecule has 5 aromatic rings. The van der Waals surface area contributed by atoms with Gasteiger partial charge in [-0.2, -0.15) is 18.4 Å². The van der Waals surface area contributed by atoms with Gasteiger partial charge in [0.05, 0.1) is 35.5 Å². The molecule has 2 aromatic carbocycles. The van der Waals surface area contributed by atoms with Gasteiger partial charge in [-0.1, -0.05) is 24.3 Å². The Morgan fingerprint density at radius 3 is 2.47 bits per heavy atom. The minimum absolute atomic E-state index is 0.104. The highest BCUT2D eigenvalue weighted by Crippen LogP contribution is 2.31. The number of hydrogen-bond donors (Lipinski definition) is 2. The van der Waals surface area contributed by atoms with E-state index in [4.69, 9.17) is 5.26 Å². The SMILES string of the molecule is N#Cc1ccc(-c2cc3cc(-c4ccc(CC(=O)Nc5cncc(C(F)(F)F)c5)cc4F)cnc3[nH]2)cc1. The normalized spacial score (nSPS) is 11.3. The Hall–Kier alpha value is -5.04. The number of benzene rings is 2. The number of carbonyl (C=O) groups is 1. The lowest BCUT2D eigenvalue weighted by Gasteiger charge is -2.10. The monoisotopic (exact) mass is 515 g/mol. The first-order valence-electron chi connectivity index (χ1n) is 11.3. The van der Waals surface area contributed by atoms with Crippen LogP contribution in [-0.2, 0) is 17.4 Å². The zero-order chi connectivity index (χ0) is 26.9. The Morgan fingerprint density at radius 2 is 1.76 bits per heavy atom. The molecule has 10 heteroatoms. The number of nitrogens with one attached hydrogen (secondary N) is 2. The molecule has 1 amide bonds. The van der Waals surface area contributed by atoms with Crippen molar-refractivity contribution in [2.75, 3.05) is 5.32 Å². The number of carbonyl (C=O) groups excluding carboxylic acids is 1. The number of aromatic nitrogens is 3. The largest absolute Gasteiger partial charge is 0.417 e. The van der Waals surface area contributed by atoms with Gasteiger partial charge in [0.25, 0.3) is 0 Å². The third-order valence-corrected chi connectivity index (χ3v) is 5.85. The molecule has 0 aliphatic heterocycles. The molecule has 0 saturated heterocycles. The second kappa shape index (κ2) is 9.78. The maximum Gasteiger partial charge on any atom is 0.417 e. The Balaban J connectivity index is 1.32. The van der Waals surface area contributed by atoms with Crippen molar-refractivity contribution >= 4 is 22.6 Å². The van der Waals surface area contributed by atoms with Crippen LogP contribution in [0.2, 0.25) is 0 Å². The molecule has 5 rings (SSSR count). The van der Waals surface area contributed by atoms with Crippen molar-refractivity contribution < 1.29 is 22.4 Å². The molecule has 188 valence electrons. The molecule has 0 bridgehead atoms. The molecular weight excluding hydrogens is 498 g/mol. The molecule has 6 nitrogen and oxygen atoms in total. The first kappa shape index (κ1) is 24.6. The summed E-state index contributed by atoms with van der Waals surface area (Å²) in [5.41, 5.74) is 2.92. The summed E-state index contributed by atoms with van der Waals surface area (Å²) in [5, 5.41) is 12.1. The van der Waals surface area contributed by atoms with Crippen LogP contribution in [0.3, 0.4) is 0 Å². The van der Waals surface area contributed by atoms with E-state index in [2.05, 4.69) is 26.3 Å². The van der Waals surface area contributed by atoms with Gasteiger partial charge in [-0.25, -0.2) is 9.37 Å². The van der Waals surface area contributed by atoms with E-state index in [1.807, 2.05) is 18.2 Å². The Kier molecular flexibility index (Phi) is 6.34. The quantitative estimate of drug-likeness (QED) is 0.261. The van der Waals surface area contributed by atoms with E-state index in [0.29, 0.717) is 28.5 Å². The highest BCUT2D eigenvalue weighted by molar-refractivity contribution is 5.92. The fraction of sp³-hybridized carbons (Fsp3) is 0.0714. The van der Waals surface area contributed by atoms with Gasteiger partial charge in [-0.15, -0.1) is 0 Å². The van der Waals surface area contributed by atoms with E-state index in [1.54, 1.807) is 24.3 Å². The Morgan fingerprint density at radius 1 is 0.974 bits per heavy atom. The van der Waals surface area contributed by atoms with Gasteiger partial charge >= 0.3 is 6.18 Å². The van der Waals surface area contributed by atoms with Crippen molar-refractivity contribution in [3.8, 4) is 28.5 Å². The number of alkyl halides is 3. The van der Waals surface area contributed by atoms with Crippen LogP contribution in [0.25, 0.3) is 33.4 Å².